The first-order chi connectivity index (χ1) is 7.74. The van der Waals surface area contributed by atoms with Crippen LogP contribution in [0.5, 0.6) is 0 Å². The van der Waals surface area contributed by atoms with E-state index in [9.17, 15) is 10.1 Å². The van der Waals surface area contributed by atoms with Gasteiger partial charge >= 0.3 is 0 Å². The number of rotatable bonds is 3. The van der Waals surface area contributed by atoms with Gasteiger partial charge in [0, 0.05) is 29.9 Å². The lowest BCUT2D eigenvalue weighted by Gasteiger charge is -2.07. The van der Waals surface area contributed by atoms with Crippen LogP contribution < -0.4 is 5.32 Å². The van der Waals surface area contributed by atoms with Crippen LogP contribution in [0.1, 0.15) is 6.92 Å². The van der Waals surface area contributed by atoms with Gasteiger partial charge in [-0.25, -0.2) is 4.98 Å². The molecular weight excluding hydrogens is 206 g/mol. The molecular formula is C11H11N3O2. The Balaban J connectivity index is 2.71. The highest BCUT2D eigenvalue weighted by atomic mass is 16.6. The van der Waals surface area contributed by atoms with Crippen LogP contribution >= 0.6 is 0 Å². The number of aromatic nitrogens is 1. The zero-order valence-corrected chi connectivity index (χ0v) is 8.80. The summed E-state index contributed by atoms with van der Waals surface area (Å²) in [4.78, 5) is 14.5. The van der Waals surface area contributed by atoms with E-state index in [1.54, 1.807) is 18.3 Å². The van der Waals surface area contributed by atoms with Gasteiger partial charge in [-0.2, -0.15) is 0 Å². The Morgan fingerprint density at radius 1 is 1.44 bits per heavy atom. The molecule has 0 saturated carbocycles. The second-order valence-corrected chi connectivity index (χ2v) is 3.32. The van der Waals surface area contributed by atoms with E-state index in [0.717, 1.165) is 17.6 Å². The van der Waals surface area contributed by atoms with E-state index in [2.05, 4.69) is 10.3 Å². The third-order valence-electron chi connectivity index (χ3n) is 2.31. The van der Waals surface area contributed by atoms with Crippen molar-refractivity contribution in [1.29, 1.82) is 0 Å². The quantitative estimate of drug-likeness (QED) is 0.633. The largest absolute Gasteiger partial charge is 0.385 e. The summed E-state index contributed by atoms with van der Waals surface area (Å²) in [5.41, 5.74) is 1.33. The van der Waals surface area contributed by atoms with E-state index >= 15 is 0 Å². The normalized spacial score (nSPS) is 10.3. The van der Waals surface area contributed by atoms with Crippen molar-refractivity contribution in [1.82, 2.24) is 4.98 Å². The summed E-state index contributed by atoms with van der Waals surface area (Å²) in [5, 5.41) is 14.8. The maximum Gasteiger partial charge on any atom is 0.295 e. The number of nitrogens with zero attached hydrogens (tertiary/aromatic N) is 2. The van der Waals surface area contributed by atoms with Crippen molar-refractivity contribution in [3.05, 3.63) is 40.6 Å². The van der Waals surface area contributed by atoms with E-state index in [1.165, 1.54) is 6.07 Å². The van der Waals surface area contributed by atoms with Crippen LogP contribution in [0.4, 0.5) is 11.4 Å². The lowest BCUT2D eigenvalue weighted by Crippen LogP contribution is -1.99. The minimum absolute atomic E-state index is 0.0391. The zero-order valence-electron chi connectivity index (χ0n) is 8.80. The van der Waals surface area contributed by atoms with Crippen molar-refractivity contribution < 1.29 is 4.92 Å². The third kappa shape index (κ3) is 1.67. The van der Waals surface area contributed by atoms with Gasteiger partial charge < -0.3 is 5.32 Å². The predicted octanol–water partition coefficient (Wildman–Crippen LogP) is 2.57. The molecule has 0 spiro atoms. The Labute approximate surface area is 92.3 Å². The van der Waals surface area contributed by atoms with Crippen LogP contribution in [-0.4, -0.2) is 16.5 Å². The number of hydrogen-bond donors (Lipinski definition) is 1. The number of fused-ring (bicyclic) bond motifs is 1. The van der Waals surface area contributed by atoms with Gasteiger partial charge in [0.25, 0.3) is 5.69 Å². The number of pyridine rings is 1. The van der Waals surface area contributed by atoms with Gasteiger partial charge in [0.1, 0.15) is 5.52 Å². The minimum atomic E-state index is -0.412. The van der Waals surface area contributed by atoms with E-state index in [4.69, 9.17) is 0 Å². The van der Waals surface area contributed by atoms with Crippen molar-refractivity contribution in [2.45, 2.75) is 6.92 Å². The van der Waals surface area contributed by atoms with Crippen LogP contribution in [0.2, 0.25) is 0 Å². The van der Waals surface area contributed by atoms with E-state index in [0.29, 0.717) is 5.52 Å². The van der Waals surface area contributed by atoms with E-state index in [1.807, 2.05) is 13.0 Å². The molecule has 0 aliphatic heterocycles. The molecule has 2 aromatic rings. The highest BCUT2D eigenvalue weighted by Gasteiger charge is 2.14. The smallest absolute Gasteiger partial charge is 0.295 e. The Kier molecular flexibility index (Phi) is 2.68. The lowest BCUT2D eigenvalue weighted by molar-refractivity contribution is -0.383. The molecule has 0 bridgehead atoms. The van der Waals surface area contributed by atoms with Gasteiger partial charge in [0.15, 0.2) is 0 Å². The summed E-state index contributed by atoms with van der Waals surface area (Å²) in [7, 11) is 0. The molecule has 0 fully saturated rings. The molecule has 1 N–H and O–H groups in total. The van der Waals surface area contributed by atoms with Crippen LogP contribution in [0, 0.1) is 10.1 Å². The molecule has 16 heavy (non-hydrogen) atoms. The number of nitro groups is 1. The molecule has 0 aliphatic carbocycles. The topological polar surface area (TPSA) is 68.1 Å². The molecule has 1 aromatic heterocycles. The molecule has 5 heteroatoms. The number of nitro benzene ring substituents is 1. The number of benzene rings is 1. The fraction of sp³-hybridized carbons (Fsp3) is 0.182. The van der Waals surface area contributed by atoms with Crippen molar-refractivity contribution in [2.24, 2.45) is 0 Å². The Morgan fingerprint density at radius 3 is 2.94 bits per heavy atom. The molecule has 0 unspecified atom stereocenters. The highest BCUT2D eigenvalue weighted by molar-refractivity contribution is 5.96. The fourth-order valence-corrected chi connectivity index (χ4v) is 1.65. The minimum Gasteiger partial charge on any atom is -0.385 e. The first kappa shape index (κ1) is 10.4. The van der Waals surface area contributed by atoms with E-state index in [-0.39, 0.29) is 5.69 Å². The maximum atomic E-state index is 10.8. The van der Waals surface area contributed by atoms with Gasteiger partial charge in [-0.3, -0.25) is 10.1 Å². The van der Waals surface area contributed by atoms with Gasteiger partial charge in [-0.15, -0.1) is 0 Å². The molecule has 0 radical (unpaired) electrons. The summed E-state index contributed by atoms with van der Waals surface area (Å²) in [6, 6.07) is 6.79. The Hall–Kier alpha value is -2.17. The molecule has 0 amide bonds. The second-order valence-electron chi connectivity index (χ2n) is 3.32. The summed E-state index contributed by atoms with van der Waals surface area (Å²) in [6.45, 7) is 2.74. The van der Waals surface area contributed by atoms with Gasteiger partial charge in [0.05, 0.1) is 4.92 Å². The monoisotopic (exact) mass is 217 g/mol. The Morgan fingerprint density at radius 2 is 2.25 bits per heavy atom. The lowest BCUT2D eigenvalue weighted by atomic mass is 10.1. The fourth-order valence-electron chi connectivity index (χ4n) is 1.65. The second kappa shape index (κ2) is 4.14. The standard InChI is InChI=1S/C11H11N3O2/c1-2-12-9-5-6-10(14(15)16)11-8(9)4-3-7-13-11/h3-7,12H,2H2,1H3. The highest BCUT2D eigenvalue weighted by Crippen LogP contribution is 2.29. The summed E-state index contributed by atoms with van der Waals surface area (Å²) in [5.74, 6) is 0. The average Bonchev–Trinajstić information content (AvgIpc) is 2.29. The van der Waals surface area contributed by atoms with Crippen LogP contribution in [0.25, 0.3) is 10.9 Å². The molecule has 0 saturated heterocycles. The molecule has 0 atom stereocenters. The SMILES string of the molecule is CCNc1ccc([N+](=O)[O-])c2ncccc12. The first-order valence-electron chi connectivity index (χ1n) is 5.00. The van der Waals surface area contributed by atoms with Crippen LogP contribution in [0.3, 0.4) is 0 Å². The number of anilines is 1. The van der Waals surface area contributed by atoms with Gasteiger partial charge in [-0.1, -0.05) is 0 Å². The third-order valence-corrected chi connectivity index (χ3v) is 2.31. The average molecular weight is 217 g/mol. The van der Waals surface area contributed by atoms with Crippen molar-refractivity contribution in [2.75, 3.05) is 11.9 Å². The molecule has 0 aliphatic rings. The molecule has 1 heterocycles. The molecule has 5 nitrogen and oxygen atoms in total. The van der Waals surface area contributed by atoms with Crippen molar-refractivity contribution in [3.63, 3.8) is 0 Å². The van der Waals surface area contributed by atoms with Crippen molar-refractivity contribution >= 4 is 22.3 Å². The predicted molar refractivity (Wildman–Crippen MR) is 62.6 cm³/mol. The zero-order chi connectivity index (χ0) is 11.5. The number of non-ortho nitro benzene ring substituents is 1. The van der Waals surface area contributed by atoms with E-state index < -0.39 is 4.92 Å². The summed E-state index contributed by atoms with van der Waals surface area (Å²) < 4.78 is 0. The molecule has 1 aromatic carbocycles. The van der Waals surface area contributed by atoms with Crippen LogP contribution in [-0.2, 0) is 0 Å². The number of nitrogens with one attached hydrogen (secondary N) is 1. The number of hydrogen-bond acceptors (Lipinski definition) is 4. The Bertz CT molecular complexity index is 540. The first-order valence-corrected chi connectivity index (χ1v) is 5.00. The van der Waals surface area contributed by atoms with Crippen molar-refractivity contribution in [3.8, 4) is 0 Å². The van der Waals surface area contributed by atoms with Crippen LogP contribution in [0.15, 0.2) is 30.5 Å². The molecule has 82 valence electrons. The maximum absolute atomic E-state index is 10.8. The molecule has 2 rings (SSSR count). The van der Waals surface area contributed by atoms with Gasteiger partial charge in [-0.05, 0) is 25.1 Å². The summed E-state index contributed by atoms with van der Waals surface area (Å²) in [6.07, 6.45) is 1.56. The summed E-state index contributed by atoms with van der Waals surface area (Å²) >= 11 is 0. The van der Waals surface area contributed by atoms with Gasteiger partial charge in [0.2, 0.25) is 0 Å².